The van der Waals surface area contributed by atoms with Crippen LogP contribution >= 0.6 is 0 Å². The number of rotatable bonds is 4. The zero-order valence-electron chi connectivity index (χ0n) is 12.7. The summed E-state index contributed by atoms with van der Waals surface area (Å²) in [6.45, 7) is 4.06. The molecule has 1 atom stereocenters. The van der Waals surface area contributed by atoms with E-state index in [2.05, 4.69) is 5.32 Å². The molecular formula is C16H20N2O4. The van der Waals surface area contributed by atoms with Gasteiger partial charge in [0.2, 0.25) is 5.91 Å². The van der Waals surface area contributed by atoms with Crippen LogP contribution in [0.15, 0.2) is 24.3 Å². The Balaban J connectivity index is 2.08. The van der Waals surface area contributed by atoms with Gasteiger partial charge in [-0.2, -0.15) is 0 Å². The number of hydrogen-bond donors (Lipinski definition) is 2. The monoisotopic (exact) mass is 304 g/mol. The molecule has 1 fully saturated rings. The Bertz CT molecular complexity index is 580. The summed E-state index contributed by atoms with van der Waals surface area (Å²) in [7, 11) is 0. The summed E-state index contributed by atoms with van der Waals surface area (Å²) in [5.41, 5.74) is 1.04. The number of anilines is 1. The van der Waals surface area contributed by atoms with E-state index in [9.17, 15) is 14.4 Å². The summed E-state index contributed by atoms with van der Waals surface area (Å²) < 4.78 is 0. The van der Waals surface area contributed by atoms with Crippen molar-refractivity contribution < 1.29 is 19.5 Å². The third kappa shape index (κ3) is 3.44. The molecule has 0 radical (unpaired) electrons. The fraction of sp³-hybridized carbons (Fsp3) is 0.438. The lowest BCUT2D eigenvalue weighted by Crippen LogP contribution is -2.40. The van der Waals surface area contributed by atoms with Crippen molar-refractivity contribution in [2.45, 2.75) is 32.7 Å². The molecule has 118 valence electrons. The second-order valence-electron chi connectivity index (χ2n) is 5.72. The maximum atomic E-state index is 12.4. The predicted octanol–water partition coefficient (Wildman–Crippen LogP) is 1.97. The first-order valence-corrected chi connectivity index (χ1v) is 7.35. The lowest BCUT2D eigenvalue weighted by molar-refractivity contribution is -0.141. The molecule has 0 bridgehead atoms. The highest BCUT2D eigenvalue weighted by Crippen LogP contribution is 2.21. The van der Waals surface area contributed by atoms with Crippen LogP contribution in [0.3, 0.4) is 0 Å². The molecule has 0 saturated carbocycles. The second-order valence-corrected chi connectivity index (χ2v) is 5.72. The molecule has 1 unspecified atom stereocenters. The lowest BCUT2D eigenvalue weighted by atomic mass is 10.1. The van der Waals surface area contributed by atoms with Gasteiger partial charge < -0.3 is 15.3 Å². The summed E-state index contributed by atoms with van der Waals surface area (Å²) in [6.07, 6.45) is 1.19. The van der Waals surface area contributed by atoms with E-state index in [0.29, 0.717) is 30.6 Å². The van der Waals surface area contributed by atoms with Gasteiger partial charge in [0.05, 0.1) is 0 Å². The van der Waals surface area contributed by atoms with Crippen molar-refractivity contribution in [3.05, 3.63) is 29.8 Å². The number of nitrogens with one attached hydrogen (secondary N) is 1. The number of aliphatic carboxylic acids is 1. The fourth-order valence-electron chi connectivity index (χ4n) is 2.42. The van der Waals surface area contributed by atoms with Gasteiger partial charge in [-0.15, -0.1) is 0 Å². The van der Waals surface area contributed by atoms with Crippen molar-refractivity contribution in [1.29, 1.82) is 0 Å². The number of hydrogen-bond acceptors (Lipinski definition) is 3. The minimum absolute atomic E-state index is 0.0930. The molecule has 6 nitrogen and oxygen atoms in total. The Morgan fingerprint density at radius 2 is 1.86 bits per heavy atom. The van der Waals surface area contributed by atoms with E-state index in [1.54, 1.807) is 38.1 Å². The maximum Gasteiger partial charge on any atom is 0.326 e. The van der Waals surface area contributed by atoms with Crippen molar-refractivity contribution in [3.63, 3.8) is 0 Å². The summed E-state index contributed by atoms with van der Waals surface area (Å²) in [4.78, 5) is 36.5. The van der Waals surface area contributed by atoms with E-state index in [4.69, 9.17) is 5.11 Å². The van der Waals surface area contributed by atoms with Crippen LogP contribution < -0.4 is 5.32 Å². The zero-order valence-corrected chi connectivity index (χ0v) is 12.7. The molecule has 1 aliphatic heterocycles. The van der Waals surface area contributed by atoms with E-state index < -0.39 is 12.0 Å². The molecule has 22 heavy (non-hydrogen) atoms. The Morgan fingerprint density at radius 1 is 1.23 bits per heavy atom. The molecule has 1 aliphatic rings. The summed E-state index contributed by atoms with van der Waals surface area (Å²) in [5, 5.41) is 11.9. The molecule has 1 saturated heterocycles. The number of carboxylic acids is 1. The van der Waals surface area contributed by atoms with E-state index in [0.717, 1.165) is 0 Å². The third-order valence-corrected chi connectivity index (χ3v) is 3.72. The van der Waals surface area contributed by atoms with Crippen LogP contribution in [0.5, 0.6) is 0 Å². The van der Waals surface area contributed by atoms with Crippen LogP contribution in [0, 0.1) is 5.92 Å². The topological polar surface area (TPSA) is 86.7 Å². The molecule has 2 rings (SSSR count). The molecular weight excluding hydrogens is 284 g/mol. The first-order valence-electron chi connectivity index (χ1n) is 7.35. The van der Waals surface area contributed by atoms with Gasteiger partial charge in [-0.25, -0.2) is 4.79 Å². The number of carbonyl (C=O) groups excluding carboxylic acids is 2. The minimum Gasteiger partial charge on any atom is -0.480 e. The minimum atomic E-state index is -0.966. The van der Waals surface area contributed by atoms with Gasteiger partial charge in [0.25, 0.3) is 5.91 Å². The number of likely N-dealkylation sites (tertiary alicyclic amines) is 1. The smallest absolute Gasteiger partial charge is 0.326 e. The standard InChI is InChI=1S/C16H20N2O4/c1-10(2)14(19)17-12-7-5-11(6-8-12)15(20)18-9-3-4-13(18)16(21)22/h5-8,10,13H,3-4,9H2,1-2H3,(H,17,19)(H,21,22). The number of benzene rings is 1. The van der Waals surface area contributed by atoms with Gasteiger partial charge >= 0.3 is 5.97 Å². The molecule has 1 aromatic carbocycles. The van der Waals surface area contributed by atoms with E-state index in [1.807, 2.05) is 0 Å². The van der Waals surface area contributed by atoms with Gasteiger partial charge in [0, 0.05) is 23.7 Å². The zero-order chi connectivity index (χ0) is 16.3. The van der Waals surface area contributed by atoms with Crippen LogP contribution in [0.2, 0.25) is 0 Å². The molecule has 1 heterocycles. The number of amides is 2. The third-order valence-electron chi connectivity index (χ3n) is 3.72. The van der Waals surface area contributed by atoms with Crippen molar-refractivity contribution >= 4 is 23.5 Å². The average Bonchev–Trinajstić information content (AvgIpc) is 2.96. The van der Waals surface area contributed by atoms with Crippen LogP contribution in [0.1, 0.15) is 37.0 Å². The second kappa shape index (κ2) is 6.60. The first-order chi connectivity index (χ1) is 10.4. The Morgan fingerprint density at radius 3 is 2.41 bits per heavy atom. The quantitative estimate of drug-likeness (QED) is 0.890. The van der Waals surface area contributed by atoms with E-state index in [1.165, 1.54) is 4.90 Å². The molecule has 2 N–H and O–H groups in total. The highest BCUT2D eigenvalue weighted by molar-refractivity contribution is 5.98. The summed E-state index contributed by atoms with van der Waals surface area (Å²) in [6, 6.07) is 5.77. The highest BCUT2D eigenvalue weighted by atomic mass is 16.4. The highest BCUT2D eigenvalue weighted by Gasteiger charge is 2.34. The van der Waals surface area contributed by atoms with Crippen molar-refractivity contribution in [2.24, 2.45) is 5.92 Å². The average molecular weight is 304 g/mol. The molecule has 6 heteroatoms. The van der Waals surface area contributed by atoms with Gasteiger partial charge in [-0.3, -0.25) is 9.59 Å². The molecule has 2 amide bonds. The van der Waals surface area contributed by atoms with Gasteiger partial charge in [-0.05, 0) is 37.1 Å². The summed E-state index contributed by atoms with van der Waals surface area (Å²) in [5.74, 6) is -1.47. The Labute approximate surface area is 129 Å². The lowest BCUT2D eigenvalue weighted by Gasteiger charge is -2.21. The van der Waals surface area contributed by atoms with Crippen LogP contribution in [-0.2, 0) is 9.59 Å². The number of carboxylic acid groups (broad SMARTS) is 1. The van der Waals surface area contributed by atoms with E-state index >= 15 is 0 Å². The van der Waals surface area contributed by atoms with Crippen molar-refractivity contribution in [1.82, 2.24) is 4.90 Å². The van der Waals surface area contributed by atoms with Gasteiger partial charge in [-0.1, -0.05) is 13.8 Å². The van der Waals surface area contributed by atoms with Gasteiger partial charge in [0.15, 0.2) is 0 Å². The molecule has 1 aromatic rings. The SMILES string of the molecule is CC(C)C(=O)Nc1ccc(C(=O)N2CCCC2C(=O)O)cc1. The summed E-state index contributed by atoms with van der Waals surface area (Å²) >= 11 is 0. The van der Waals surface area contributed by atoms with Crippen LogP contribution in [0.4, 0.5) is 5.69 Å². The predicted molar refractivity (Wildman–Crippen MR) is 81.6 cm³/mol. The maximum absolute atomic E-state index is 12.4. The largest absolute Gasteiger partial charge is 0.480 e. The molecule has 0 spiro atoms. The molecule has 0 aromatic heterocycles. The normalized spacial score (nSPS) is 17.6. The number of nitrogens with zero attached hydrogens (tertiary/aromatic N) is 1. The van der Waals surface area contributed by atoms with Gasteiger partial charge in [0.1, 0.15) is 6.04 Å². The first kappa shape index (κ1) is 16.0. The van der Waals surface area contributed by atoms with Crippen molar-refractivity contribution in [2.75, 3.05) is 11.9 Å². The van der Waals surface area contributed by atoms with E-state index in [-0.39, 0.29) is 17.7 Å². The number of carbonyl (C=O) groups is 3. The Hall–Kier alpha value is -2.37. The Kier molecular flexibility index (Phi) is 4.80. The van der Waals surface area contributed by atoms with Crippen LogP contribution in [0.25, 0.3) is 0 Å². The molecule has 0 aliphatic carbocycles. The fourth-order valence-corrected chi connectivity index (χ4v) is 2.42. The van der Waals surface area contributed by atoms with Crippen LogP contribution in [-0.4, -0.2) is 40.4 Å². The van der Waals surface area contributed by atoms with Crippen molar-refractivity contribution in [3.8, 4) is 0 Å².